The molecule has 0 aliphatic carbocycles. The van der Waals surface area contributed by atoms with Crippen LogP contribution in [0.3, 0.4) is 0 Å². The predicted octanol–water partition coefficient (Wildman–Crippen LogP) is 2.19. The molecule has 1 aromatic carbocycles. The maximum Gasteiger partial charge on any atom is 0.282 e. The van der Waals surface area contributed by atoms with Gasteiger partial charge in [-0.15, -0.1) is 0 Å². The molecule has 0 radical (unpaired) electrons. The maximum absolute atomic E-state index is 11.1. The molecule has 0 fully saturated rings. The third-order valence-corrected chi connectivity index (χ3v) is 2.33. The zero-order chi connectivity index (χ0) is 11.4. The van der Waals surface area contributed by atoms with Gasteiger partial charge in [0.25, 0.3) is 5.24 Å². The minimum atomic E-state index is -0.360. The Labute approximate surface area is 94.2 Å². The van der Waals surface area contributed by atoms with Crippen LogP contribution in [0.15, 0.2) is 18.2 Å². The summed E-state index contributed by atoms with van der Waals surface area (Å²) in [6, 6.07) is 5.22. The molecule has 0 bridgehead atoms. The number of hydrogen-bond donors (Lipinski definition) is 1. The van der Waals surface area contributed by atoms with Crippen LogP contribution in [0.4, 0.5) is 10.5 Å². The van der Waals surface area contributed by atoms with Crippen molar-refractivity contribution < 1.29 is 14.3 Å². The first kappa shape index (κ1) is 11.7. The minimum Gasteiger partial charge on any atom is -0.497 e. The molecule has 0 saturated heterocycles. The van der Waals surface area contributed by atoms with Crippen molar-refractivity contribution in [3.63, 3.8) is 0 Å². The van der Waals surface area contributed by atoms with Crippen LogP contribution in [0.1, 0.15) is 0 Å². The van der Waals surface area contributed by atoms with Gasteiger partial charge in [0.05, 0.1) is 19.9 Å². The normalized spacial score (nSPS) is 9.60. The van der Waals surface area contributed by atoms with Gasteiger partial charge < -0.3 is 14.4 Å². The fourth-order valence-corrected chi connectivity index (χ4v) is 1.27. The maximum atomic E-state index is 11.1. The molecule has 4 nitrogen and oxygen atoms in total. The first-order chi connectivity index (χ1) is 7.10. The summed E-state index contributed by atoms with van der Waals surface area (Å²) < 4.78 is 10.2. The summed E-state index contributed by atoms with van der Waals surface area (Å²) in [5.41, 5.74) is 0.622. The van der Waals surface area contributed by atoms with Gasteiger partial charge in [-0.1, -0.05) is 12.6 Å². The SMILES string of the molecule is COc1ccc(OC)c(N(C)C(=O)S)c1. The Balaban J connectivity index is 3.16. The van der Waals surface area contributed by atoms with Gasteiger partial charge >= 0.3 is 0 Å². The number of carbonyl (C=O) groups is 1. The quantitative estimate of drug-likeness (QED) is 0.804. The molecule has 1 aromatic rings. The van der Waals surface area contributed by atoms with Gasteiger partial charge in [0.15, 0.2) is 0 Å². The molecule has 1 rings (SSSR count). The van der Waals surface area contributed by atoms with E-state index in [9.17, 15) is 4.79 Å². The summed E-state index contributed by atoms with van der Waals surface area (Å²) in [5.74, 6) is 1.26. The molecule has 0 aromatic heterocycles. The van der Waals surface area contributed by atoms with E-state index < -0.39 is 0 Å². The average Bonchev–Trinajstić information content (AvgIpc) is 2.27. The molecular weight excluding hydrogens is 214 g/mol. The van der Waals surface area contributed by atoms with Gasteiger partial charge in [-0.3, -0.25) is 4.79 Å². The molecule has 15 heavy (non-hydrogen) atoms. The molecule has 0 N–H and O–H groups in total. The molecule has 1 amide bonds. The number of nitrogens with zero attached hydrogens (tertiary/aromatic N) is 1. The third-order valence-electron chi connectivity index (χ3n) is 2.03. The second-order valence-electron chi connectivity index (χ2n) is 2.88. The molecule has 0 atom stereocenters. The Kier molecular flexibility index (Phi) is 3.85. The highest BCUT2D eigenvalue weighted by Crippen LogP contribution is 2.31. The number of anilines is 1. The third kappa shape index (κ3) is 2.56. The summed E-state index contributed by atoms with van der Waals surface area (Å²) >= 11 is 3.74. The highest BCUT2D eigenvalue weighted by Gasteiger charge is 2.13. The molecule has 5 heteroatoms. The monoisotopic (exact) mass is 227 g/mol. The number of thiol groups is 1. The van der Waals surface area contributed by atoms with Crippen LogP contribution in [-0.2, 0) is 0 Å². The van der Waals surface area contributed by atoms with Gasteiger partial charge in [0.2, 0.25) is 0 Å². The fourth-order valence-electron chi connectivity index (χ4n) is 1.16. The first-order valence-corrected chi connectivity index (χ1v) is 4.73. The molecule has 0 spiro atoms. The number of methoxy groups -OCH3 is 2. The van der Waals surface area contributed by atoms with Crippen molar-refractivity contribution in [3.05, 3.63) is 18.2 Å². The largest absolute Gasteiger partial charge is 0.497 e. The predicted molar refractivity (Wildman–Crippen MR) is 62.3 cm³/mol. The van der Waals surface area contributed by atoms with E-state index in [-0.39, 0.29) is 5.24 Å². The van der Waals surface area contributed by atoms with Crippen molar-refractivity contribution in [2.45, 2.75) is 0 Å². The summed E-state index contributed by atoms with van der Waals surface area (Å²) in [4.78, 5) is 12.5. The summed E-state index contributed by atoms with van der Waals surface area (Å²) in [6.45, 7) is 0. The Morgan fingerprint density at radius 3 is 2.47 bits per heavy atom. The number of carbonyl (C=O) groups excluding carboxylic acids is 1. The zero-order valence-electron chi connectivity index (χ0n) is 8.85. The number of benzene rings is 1. The van der Waals surface area contributed by atoms with Crippen molar-refractivity contribution in [2.75, 3.05) is 26.2 Å². The van der Waals surface area contributed by atoms with E-state index >= 15 is 0 Å². The molecule has 0 unspecified atom stereocenters. The van der Waals surface area contributed by atoms with E-state index in [0.717, 1.165) is 0 Å². The molecule has 82 valence electrons. The standard InChI is InChI=1S/C10H13NO3S/c1-11(10(12)15)8-6-7(13-2)4-5-9(8)14-3/h4-6H,1-3H3,(H,12,15). The summed E-state index contributed by atoms with van der Waals surface area (Å²) in [5, 5.41) is -0.360. The zero-order valence-corrected chi connectivity index (χ0v) is 9.75. The minimum absolute atomic E-state index is 0.360. The van der Waals surface area contributed by atoms with Crippen molar-refractivity contribution in [1.29, 1.82) is 0 Å². The van der Waals surface area contributed by atoms with Crippen molar-refractivity contribution in [2.24, 2.45) is 0 Å². The number of ether oxygens (including phenoxy) is 2. The van der Waals surface area contributed by atoms with Gasteiger partial charge in [-0.2, -0.15) is 0 Å². The molecular formula is C10H13NO3S. The second kappa shape index (κ2) is 4.93. The van der Waals surface area contributed by atoms with Crippen LogP contribution in [0.5, 0.6) is 11.5 Å². The Bertz CT molecular complexity index is 368. The van der Waals surface area contributed by atoms with Gasteiger partial charge in [0, 0.05) is 13.1 Å². The molecule has 0 aliphatic heterocycles. The molecule has 0 saturated carbocycles. The molecule has 0 heterocycles. The van der Waals surface area contributed by atoms with Gasteiger partial charge in [0.1, 0.15) is 11.5 Å². The highest BCUT2D eigenvalue weighted by molar-refractivity contribution is 7.96. The van der Waals surface area contributed by atoms with E-state index in [4.69, 9.17) is 9.47 Å². The first-order valence-electron chi connectivity index (χ1n) is 4.28. The lowest BCUT2D eigenvalue weighted by Gasteiger charge is -2.18. The van der Waals surface area contributed by atoms with Crippen LogP contribution in [0, 0.1) is 0 Å². The van der Waals surface area contributed by atoms with Gasteiger partial charge in [-0.05, 0) is 12.1 Å². The number of rotatable bonds is 3. The number of hydrogen-bond acceptors (Lipinski definition) is 3. The second-order valence-corrected chi connectivity index (χ2v) is 3.26. The topological polar surface area (TPSA) is 38.8 Å². The Morgan fingerprint density at radius 2 is 2.00 bits per heavy atom. The highest BCUT2D eigenvalue weighted by atomic mass is 32.1. The van der Waals surface area contributed by atoms with Crippen molar-refractivity contribution in [3.8, 4) is 11.5 Å². The van der Waals surface area contributed by atoms with Gasteiger partial charge in [-0.25, -0.2) is 0 Å². The fraction of sp³-hybridized carbons (Fsp3) is 0.300. The van der Waals surface area contributed by atoms with E-state index in [2.05, 4.69) is 12.6 Å². The lowest BCUT2D eigenvalue weighted by molar-refractivity contribution is 0.266. The van der Waals surface area contributed by atoms with Crippen LogP contribution in [-0.4, -0.2) is 26.5 Å². The van der Waals surface area contributed by atoms with Crippen molar-refractivity contribution in [1.82, 2.24) is 0 Å². The van der Waals surface area contributed by atoms with Crippen molar-refractivity contribution >= 4 is 23.6 Å². The number of amides is 1. The summed E-state index contributed by atoms with van der Waals surface area (Å²) in [6.07, 6.45) is 0. The Morgan fingerprint density at radius 1 is 1.33 bits per heavy atom. The lowest BCUT2D eigenvalue weighted by Crippen LogP contribution is -2.20. The van der Waals surface area contributed by atoms with Crippen LogP contribution < -0.4 is 14.4 Å². The van der Waals surface area contributed by atoms with E-state index in [0.29, 0.717) is 17.2 Å². The van der Waals surface area contributed by atoms with Crippen LogP contribution in [0.2, 0.25) is 0 Å². The van der Waals surface area contributed by atoms with E-state index in [1.807, 2.05) is 0 Å². The van der Waals surface area contributed by atoms with E-state index in [1.165, 1.54) is 4.90 Å². The van der Waals surface area contributed by atoms with E-state index in [1.54, 1.807) is 39.5 Å². The summed E-state index contributed by atoms with van der Waals surface area (Å²) in [7, 11) is 4.73. The molecule has 0 aliphatic rings. The van der Waals surface area contributed by atoms with Crippen LogP contribution in [0.25, 0.3) is 0 Å². The Hall–Kier alpha value is -1.36. The lowest BCUT2D eigenvalue weighted by atomic mass is 10.2. The smallest absolute Gasteiger partial charge is 0.282 e. The van der Waals surface area contributed by atoms with Crippen LogP contribution >= 0.6 is 12.6 Å². The average molecular weight is 227 g/mol.